The maximum Gasteiger partial charge on any atom is 0.331 e. The zero-order valence-corrected chi connectivity index (χ0v) is 11.0. The van der Waals surface area contributed by atoms with Gasteiger partial charge in [-0.05, 0) is 19.4 Å². The lowest BCUT2D eigenvalue weighted by Crippen LogP contribution is -2.02. The van der Waals surface area contributed by atoms with Gasteiger partial charge < -0.3 is 5.11 Å². The SMILES string of the molecule is CCCCCCCCCC(F)C=C(C)C(=O)O. The fourth-order valence-corrected chi connectivity index (χ4v) is 1.72. The van der Waals surface area contributed by atoms with Gasteiger partial charge in [-0.2, -0.15) is 0 Å². The normalized spacial score (nSPS) is 13.7. The van der Waals surface area contributed by atoms with Crippen LogP contribution in [0.4, 0.5) is 4.39 Å². The molecule has 17 heavy (non-hydrogen) atoms. The third-order valence-electron chi connectivity index (χ3n) is 2.85. The Bertz CT molecular complexity index is 236. The molecular weight excluding hydrogens is 219 g/mol. The average molecular weight is 244 g/mol. The van der Waals surface area contributed by atoms with Gasteiger partial charge in [0.2, 0.25) is 0 Å². The number of hydrogen-bond donors (Lipinski definition) is 1. The second-order valence-corrected chi connectivity index (χ2v) is 4.58. The molecule has 0 aliphatic carbocycles. The van der Waals surface area contributed by atoms with Gasteiger partial charge in [-0.3, -0.25) is 0 Å². The van der Waals surface area contributed by atoms with Crippen LogP contribution in [0.5, 0.6) is 0 Å². The van der Waals surface area contributed by atoms with Crippen molar-refractivity contribution < 1.29 is 14.3 Å². The Morgan fingerprint density at radius 2 is 1.71 bits per heavy atom. The van der Waals surface area contributed by atoms with Gasteiger partial charge >= 0.3 is 5.97 Å². The predicted molar refractivity (Wildman–Crippen MR) is 68.9 cm³/mol. The average Bonchev–Trinajstić information content (AvgIpc) is 2.27. The maximum atomic E-state index is 13.3. The van der Waals surface area contributed by atoms with Gasteiger partial charge in [0, 0.05) is 5.57 Å². The summed E-state index contributed by atoms with van der Waals surface area (Å²) in [7, 11) is 0. The first-order valence-electron chi connectivity index (χ1n) is 6.63. The van der Waals surface area contributed by atoms with Crippen LogP contribution in [0.15, 0.2) is 11.6 Å². The van der Waals surface area contributed by atoms with Crippen LogP contribution in [0.2, 0.25) is 0 Å². The van der Waals surface area contributed by atoms with Crippen molar-refractivity contribution in [1.82, 2.24) is 0 Å². The van der Waals surface area contributed by atoms with Crippen molar-refractivity contribution >= 4 is 5.97 Å². The monoisotopic (exact) mass is 244 g/mol. The van der Waals surface area contributed by atoms with Crippen molar-refractivity contribution in [2.45, 2.75) is 71.4 Å². The van der Waals surface area contributed by atoms with Crippen LogP contribution >= 0.6 is 0 Å². The number of carboxylic acid groups (broad SMARTS) is 1. The van der Waals surface area contributed by atoms with Crippen molar-refractivity contribution in [2.24, 2.45) is 0 Å². The van der Waals surface area contributed by atoms with Crippen LogP contribution in [0.3, 0.4) is 0 Å². The smallest absolute Gasteiger partial charge is 0.331 e. The highest BCUT2D eigenvalue weighted by Gasteiger charge is 2.06. The van der Waals surface area contributed by atoms with Crippen molar-refractivity contribution in [2.75, 3.05) is 0 Å². The van der Waals surface area contributed by atoms with E-state index in [1.165, 1.54) is 38.7 Å². The zero-order valence-electron chi connectivity index (χ0n) is 11.0. The van der Waals surface area contributed by atoms with Gasteiger partial charge in [-0.1, -0.05) is 51.9 Å². The molecule has 0 saturated heterocycles. The fourth-order valence-electron chi connectivity index (χ4n) is 1.72. The van der Waals surface area contributed by atoms with E-state index in [1.807, 2.05) is 0 Å². The third-order valence-corrected chi connectivity index (χ3v) is 2.85. The molecule has 1 unspecified atom stereocenters. The Labute approximate surface area is 104 Å². The van der Waals surface area contributed by atoms with Gasteiger partial charge in [-0.25, -0.2) is 9.18 Å². The van der Waals surface area contributed by atoms with Gasteiger partial charge in [0.25, 0.3) is 0 Å². The molecule has 3 heteroatoms. The summed E-state index contributed by atoms with van der Waals surface area (Å²) in [5.41, 5.74) is 0.0976. The molecule has 0 aliphatic heterocycles. The molecule has 1 atom stereocenters. The highest BCUT2D eigenvalue weighted by atomic mass is 19.1. The van der Waals surface area contributed by atoms with Crippen molar-refractivity contribution in [3.8, 4) is 0 Å². The first-order valence-corrected chi connectivity index (χ1v) is 6.63. The molecule has 0 rings (SSSR count). The molecule has 0 radical (unpaired) electrons. The lowest BCUT2D eigenvalue weighted by atomic mass is 10.1. The lowest BCUT2D eigenvalue weighted by Gasteiger charge is -2.04. The molecule has 0 saturated carbocycles. The summed E-state index contributed by atoms with van der Waals surface area (Å²) in [5, 5.41) is 8.59. The summed E-state index contributed by atoms with van der Waals surface area (Å²) < 4.78 is 13.3. The van der Waals surface area contributed by atoms with E-state index in [-0.39, 0.29) is 5.57 Å². The number of allylic oxidation sites excluding steroid dienone is 1. The highest BCUT2D eigenvalue weighted by molar-refractivity contribution is 5.85. The first-order chi connectivity index (χ1) is 8.07. The third kappa shape index (κ3) is 10.0. The Morgan fingerprint density at radius 3 is 2.24 bits per heavy atom. The van der Waals surface area contributed by atoms with Gasteiger partial charge in [0.15, 0.2) is 0 Å². The van der Waals surface area contributed by atoms with Gasteiger partial charge in [0.05, 0.1) is 0 Å². The molecular formula is C14H25FO2. The second kappa shape index (κ2) is 10.3. The lowest BCUT2D eigenvalue weighted by molar-refractivity contribution is -0.132. The van der Waals surface area contributed by atoms with Crippen molar-refractivity contribution in [1.29, 1.82) is 0 Å². The second-order valence-electron chi connectivity index (χ2n) is 4.58. The number of carboxylic acids is 1. The minimum absolute atomic E-state index is 0.0976. The van der Waals surface area contributed by atoms with E-state index >= 15 is 0 Å². The molecule has 0 spiro atoms. The van der Waals surface area contributed by atoms with Crippen LogP contribution in [-0.2, 0) is 4.79 Å². The standard InChI is InChI=1S/C14H25FO2/c1-3-4-5-6-7-8-9-10-13(15)11-12(2)14(16)17/h11,13H,3-10H2,1-2H3,(H,16,17). The quantitative estimate of drug-likeness (QED) is 0.454. The summed E-state index contributed by atoms with van der Waals surface area (Å²) in [6.07, 6.45) is 8.62. The molecule has 0 bridgehead atoms. The number of unbranched alkanes of at least 4 members (excludes halogenated alkanes) is 6. The van der Waals surface area contributed by atoms with Gasteiger partial charge in [-0.15, -0.1) is 0 Å². The number of aliphatic carboxylic acids is 1. The highest BCUT2D eigenvalue weighted by Crippen LogP contribution is 2.12. The Balaban J connectivity index is 3.48. The molecule has 0 aromatic heterocycles. The van der Waals surface area contributed by atoms with Crippen molar-refractivity contribution in [3.63, 3.8) is 0 Å². The van der Waals surface area contributed by atoms with Crippen LogP contribution in [0, 0.1) is 0 Å². The molecule has 0 fully saturated rings. The summed E-state index contributed by atoms with van der Waals surface area (Å²) in [4.78, 5) is 10.5. The van der Waals surface area contributed by atoms with Crippen LogP contribution in [-0.4, -0.2) is 17.2 Å². The number of rotatable bonds is 10. The van der Waals surface area contributed by atoms with E-state index < -0.39 is 12.1 Å². The summed E-state index contributed by atoms with van der Waals surface area (Å²) in [6, 6.07) is 0. The largest absolute Gasteiger partial charge is 0.478 e. The summed E-state index contributed by atoms with van der Waals surface area (Å²) >= 11 is 0. The number of carbonyl (C=O) groups is 1. The van der Waals surface area contributed by atoms with E-state index in [0.717, 1.165) is 19.3 Å². The Morgan fingerprint density at radius 1 is 1.18 bits per heavy atom. The van der Waals surface area contributed by atoms with Crippen molar-refractivity contribution in [3.05, 3.63) is 11.6 Å². The minimum atomic E-state index is -1.11. The number of halogens is 1. The van der Waals surface area contributed by atoms with Crippen LogP contribution < -0.4 is 0 Å². The van der Waals surface area contributed by atoms with Gasteiger partial charge in [0.1, 0.15) is 6.17 Å². The molecule has 0 amide bonds. The zero-order chi connectivity index (χ0) is 13.1. The Hall–Kier alpha value is -0.860. The predicted octanol–water partition coefficient (Wildman–Crippen LogP) is 4.50. The first kappa shape index (κ1) is 16.1. The number of hydrogen-bond acceptors (Lipinski definition) is 1. The maximum absolute atomic E-state index is 13.3. The molecule has 0 aliphatic rings. The molecule has 0 heterocycles. The van der Waals surface area contributed by atoms with Crippen LogP contribution in [0.1, 0.15) is 65.2 Å². The molecule has 0 aromatic rings. The topological polar surface area (TPSA) is 37.3 Å². The molecule has 2 nitrogen and oxygen atoms in total. The number of alkyl halides is 1. The Kier molecular flexibility index (Phi) is 9.78. The fraction of sp³-hybridized carbons (Fsp3) is 0.786. The van der Waals surface area contributed by atoms with E-state index in [0.29, 0.717) is 6.42 Å². The van der Waals surface area contributed by atoms with E-state index in [1.54, 1.807) is 0 Å². The minimum Gasteiger partial charge on any atom is -0.478 e. The van der Waals surface area contributed by atoms with E-state index in [2.05, 4.69) is 6.92 Å². The van der Waals surface area contributed by atoms with E-state index in [9.17, 15) is 9.18 Å². The summed E-state index contributed by atoms with van der Waals surface area (Å²) in [6.45, 7) is 3.62. The molecule has 100 valence electrons. The molecule has 0 aromatic carbocycles. The molecule has 1 N–H and O–H groups in total. The summed E-state index contributed by atoms with van der Waals surface area (Å²) in [5.74, 6) is -1.03. The van der Waals surface area contributed by atoms with E-state index in [4.69, 9.17) is 5.11 Å². The van der Waals surface area contributed by atoms with Crippen LogP contribution in [0.25, 0.3) is 0 Å².